The van der Waals surface area contributed by atoms with Crippen molar-refractivity contribution in [1.29, 1.82) is 0 Å². The zero-order valence-electron chi connectivity index (χ0n) is 11.9. The maximum absolute atomic E-state index is 9.95. The summed E-state index contributed by atoms with van der Waals surface area (Å²) in [4.78, 5) is 0. The molecule has 0 fully saturated rings. The number of unbranched alkanes of at least 4 members (excludes halogenated alkanes) is 1. The Bertz CT molecular complexity index is 534. The van der Waals surface area contributed by atoms with Crippen molar-refractivity contribution in [2.75, 3.05) is 0 Å². The molecule has 0 radical (unpaired) electrons. The Morgan fingerprint density at radius 1 is 1.00 bits per heavy atom. The van der Waals surface area contributed by atoms with Crippen LogP contribution >= 0.6 is 0 Å². The number of rotatable bonds is 6. The minimum Gasteiger partial charge on any atom is -0.508 e. The van der Waals surface area contributed by atoms with Crippen molar-refractivity contribution in [3.05, 3.63) is 59.7 Å². The van der Waals surface area contributed by atoms with E-state index >= 15 is 0 Å². The van der Waals surface area contributed by atoms with Crippen LogP contribution < -0.4 is 0 Å². The normalized spacial score (nSPS) is 12.2. The van der Waals surface area contributed by atoms with Crippen LogP contribution in [0.1, 0.15) is 43.2 Å². The molecule has 106 valence electrons. The second kappa shape index (κ2) is 6.99. The first kappa shape index (κ1) is 14.4. The van der Waals surface area contributed by atoms with E-state index in [2.05, 4.69) is 31.2 Å². The second-order valence-electron chi connectivity index (χ2n) is 5.27. The van der Waals surface area contributed by atoms with Crippen LogP contribution in [0.3, 0.4) is 0 Å². The molecular weight excluding hydrogens is 248 g/mol. The van der Waals surface area contributed by atoms with Gasteiger partial charge in [0, 0.05) is 6.07 Å². The molecule has 0 saturated heterocycles. The average Bonchev–Trinajstić information content (AvgIpc) is 2.46. The molecule has 0 amide bonds. The van der Waals surface area contributed by atoms with Crippen LogP contribution in [-0.2, 0) is 6.42 Å². The standard InChI is InChI=1S/C18H22O2/c1-2-3-7-15(14-8-5-4-6-9-14)12-16-10-11-17(19)13-18(16)20/h4-6,8-11,13,15,19-20H,2-3,7,12H2,1H3. The van der Waals surface area contributed by atoms with Gasteiger partial charge in [-0.05, 0) is 36.0 Å². The Kier molecular flexibility index (Phi) is 5.05. The maximum atomic E-state index is 9.95. The summed E-state index contributed by atoms with van der Waals surface area (Å²) in [6.45, 7) is 2.19. The predicted octanol–water partition coefficient (Wildman–Crippen LogP) is 4.61. The topological polar surface area (TPSA) is 40.5 Å². The molecule has 1 atom stereocenters. The molecule has 0 spiro atoms. The van der Waals surface area contributed by atoms with Gasteiger partial charge in [-0.1, -0.05) is 56.2 Å². The van der Waals surface area contributed by atoms with E-state index < -0.39 is 0 Å². The fraction of sp³-hybridized carbons (Fsp3) is 0.333. The van der Waals surface area contributed by atoms with Crippen LogP contribution in [0.5, 0.6) is 11.5 Å². The van der Waals surface area contributed by atoms with Gasteiger partial charge in [0.25, 0.3) is 0 Å². The molecule has 0 heterocycles. The Morgan fingerprint density at radius 2 is 1.75 bits per heavy atom. The summed E-state index contributed by atoms with van der Waals surface area (Å²) < 4.78 is 0. The third kappa shape index (κ3) is 3.77. The zero-order valence-corrected chi connectivity index (χ0v) is 11.9. The van der Waals surface area contributed by atoms with Crippen molar-refractivity contribution in [3.63, 3.8) is 0 Å². The monoisotopic (exact) mass is 270 g/mol. The fourth-order valence-corrected chi connectivity index (χ4v) is 2.55. The third-order valence-electron chi connectivity index (χ3n) is 3.71. The summed E-state index contributed by atoms with van der Waals surface area (Å²) >= 11 is 0. The highest BCUT2D eigenvalue weighted by molar-refractivity contribution is 5.40. The van der Waals surface area contributed by atoms with Crippen molar-refractivity contribution >= 4 is 0 Å². The summed E-state index contributed by atoms with van der Waals surface area (Å²) in [7, 11) is 0. The Balaban J connectivity index is 2.19. The first-order valence-electron chi connectivity index (χ1n) is 7.26. The van der Waals surface area contributed by atoms with Crippen LogP contribution in [0.25, 0.3) is 0 Å². The molecule has 2 heteroatoms. The Morgan fingerprint density at radius 3 is 2.40 bits per heavy atom. The third-order valence-corrected chi connectivity index (χ3v) is 3.71. The summed E-state index contributed by atoms with van der Waals surface area (Å²) in [6, 6.07) is 15.3. The maximum Gasteiger partial charge on any atom is 0.122 e. The molecule has 0 bridgehead atoms. The van der Waals surface area contributed by atoms with E-state index in [1.54, 1.807) is 6.07 Å². The van der Waals surface area contributed by atoms with Gasteiger partial charge < -0.3 is 10.2 Å². The van der Waals surface area contributed by atoms with Crippen LogP contribution in [0.4, 0.5) is 0 Å². The molecule has 0 aromatic heterocycles. The lowest BCUT2D eigenvalue weighted by molar-refractivity contribution is 0.442. The molecule has 0 aliphatic heterocycles. The minimum atomic E-state index is 0.107. The lowest BCUT2D eigenvalue weighted by Gasteiger charge is -2.18. The summed E-state index contributed by atoms with van der Waals surface area (Å²) in [6.07, 6.45) is 4.26. The predicted molar refractivity (Wildman–Crippen MR) is 82.2 cm³/mol. The van der Waals surface area contributed by atoms with E-state index in [1.807, 2.05) is 12.1 Å². The minimum absolute atomic E-state index is 0.107. The molecule has 2 nitrogen and oxygen atoms in total. The van der Waals surface area contributed by atoms with Crippen LogP contribution in [0.15, 0.2) is 48.5 Å². The van der Waals surface area contributed by atoms with Gasteiger partial charge in [-0.15, -0.1) is 0 Å². The van der Waals surface area contributed by atoms with Gasteiger partial charge in [0.2, 0.25) is 0 Å². The SMILES string of the molecule is CCCCC(Cc1ccc(O)cc1O)c1ccccc1. The number of hydrogen-bond donors (Lipinski definition) is 2. The Labute approximate surface area is 120 Å². The molecule has 20 heavy (non-hydrogen) atoms. The van der Waals surface area contributed by atoms with Crippen molar-refractivity contribution in [2.24, 2.45) is 0 Å². The summed E-state index contributed by atoms with van der Waals surface area (Å²) in [5.41, 5.74) is 2.21. The van der Waals surface area contributed by atoms with Gasteiger partial charge in [-0.25, -0.2) is 0 Å². The summed E-state index contributed by atoms with van der Waals surface area (Å²) in [5.74, 6) is 0.699. The van der Waals surface area contributed by atoms with E-state index in [9.17, 15) is 10.2 Å². The fourth-order valence-electron chi connectivity index (χ4n) is 2.55. The van der Waals surface area contributed by atoms with Crippen molar-refractivity contribution in [2.45, 2.75) is 38.5 Å². The number of phenolic OH excluding ortho intramolecular Hbond substituents is 2. The van der Waals surface area contributed by atoms with E-state index in [-0.39, 0.29) is 11.5 Å². The van der Waals surface area contributed by atoms with Crippen LogP contribution in [-0.4, -0.2) is 10.2 Å². The average molecular weight is 270 g/mol. The molecule has 2 N–H and O–H groups in total. The highest BCUT2D eigenvalue weighted by atomic mass is 16.3. The number of benzene rings is 2. The van der Waals surface area contributed by atoms with E-state index in [0.29, 0.717) is 5.92 Å². The van der Waals surface area contributed by atoms with E-state index in [1.165, 1.54) is 24.5 Å². The number of aromatic hydroxyl groups is 2. The van der Waals surface area contributed by atoms with Crippen LogP contribution in [0, 0.1) is 0 Å². The Hall–Kier alpha value is -1.96. The second-order valence-corrected chi connectivity index (χ2v) is 5.27. The van der Waals surface area contributed by atoms with Crippen molar-refractivity contribution in [1.82, 2.24) is 0 Å². The largest absolute Gasteiger partial charge is 0.508 e. The van der Waals surface area contributed by atoms with Gasteiger partial charge in [0.05, 0.1) is 0 Å². The molecule has 0 aliphatic rings. The highest BCUT2D eigenvalue weighted by Crippen LogP contribution is 2.31. The van der Waals surface area contributed by atoms with Crippen molar-refractivity contribution < 1.29 is 10.2 Å². The zero-order chi connectivity index (χ0) is 14.4. The molecule has 1 unspecified atom stereocenters. The van der Waals surface area contributed by atoms with Gasteiger partial charge >= 0.3 is 0 Å². The smallest absolute Gasteiger partial charge is 0.122 e. The van der Waals surface area contributed by atoms with Gasteiger partial charge in [-0.3, -0.25) is 0 Å². The number of hydrogen-bond acceptors (Lipinski definition) is 2. The highest BCUT2D eigenvalue weighted by Gasteiger charge is 2.14. The molecule has 2 aromatic rings. The van der Waals surface area contributed by atoms with Gasteiger partial charge in [-0.2, -0.15) is 0 Å². The first-order valence-corrected chi connectivity index (χ1v) is 7.26. The quantitative estimate of drug-likeness (QED) is 0.804. The van der Waals surface area contributed by atoms with Gasteiger partial charge in [0.1, 0.15) is 11.5 Å². The lowest BCUT2D eigenvalue weighted by atomic mass is 9.87. The van der Waals surface area contributed by atoms with Crippen LogP contribution in [0.2, 0.25) is 0 Å². The lowest BCUT2D eigenvalue weighted by Crippen LogP contribution is -2.03. The van der Waals surface area contributed by atoms with Gasteiger partial charge in [0.15, 0.2) is 0 Å². The van der Waals surface area contributed by atoms with Crippen molar-refractivity contribution in [3.8, 4) is 11.5 Å². The number of phenols is 2. The summed E-state index contributed by atoms with van der Waals surface area (Å²) in [5, 5.41) is 19.3. The molecule has 0 saturated carbocycles. The molecule has 2 rings (SSSR count). The molecule has 2 aromatic carbocycles. The molecule has 0 aliphatic carbocycles. The molecular formula is C18H22O2. The first-order chi connectivity index (χ1) is 9.70. The van der Waals surface area contributed by atoms with E-state index in [4.69, 9.17) is 0 Å². The van der Waals surface area contributed by atoms with E-state index in [0.717, 1.165) is 18.4 Å².